The summed E-state index contributed by atoms with van der Waals surface area (Å²) in [4.78, 5) is 12.5. The second kappa shape index (κ2) is 7.85. The maximum absolute atomic E-state index is 13.3. The largest absolute Gasteiger partial charge is 0.360 e. The molecule has 0 saturated carbocycles. The van der Waals surface area contributed by atoms with Crippen molar-refractivity contribution in [1.29, 1.82) is 0 Å². The fourth-order valence-corrected chi connectivity index (χ4v) is 6.35. The number of nitrogens with zero attached hydrogens (tertiary/aromatic N) is 4. The Balaban J connectivity index is 1.57. The van der Waals surface area contributed by atoms with Crippen molar-refractivity contribution in [2.45, 2.75) is 37.6 Å². The lowest BCUT2D eigenvalue weighted by atomic mass is 10.2. The van der Waals surface area contributed by atoms with Gasteiger partial charge in [0.2, 0.25) is 15.0 Å². The van der Waals surface area contributed by atoms with Crippen molar-refractivity contribution in [3.63, 3.8) is 0 Å². The minimum absolute atomic E-state index is 0.0583. The number of anilines is 1. The first kappa shape index (κ1) is 20.6. The molecule has 30 heavy (non-hydrogen) atoms. The van der Waals surface area contributed by atoms with Gasteiger partial charge in [-0.3, -0.25) is 4.79 Å². The molecule has 0 aliphatic carbocycles. The second-order valence-electron chi connectivity index (χ2n) is 6.84. The van der Waals surface area contributed by atoms with Crippen LogP contribution in [0.25, 0.3) is 0 Å². The van der Waals surface area contributed by atoms with Gasteiger partial charge >= 0.3 is 0 Å². The van der Waals surface area contributed by atoms with Crippen molar-refractivity contribution in [1.82, 2.24) is 19.7 Å². The van der Waals surface area contributed by atoms with E-state index in [-0.39, 0.29) is 15.7 Å². The molecule has 1 aromatic carbocycles. The number of nitrogens with one attached hydrogen (secondary N) is 1. The molecule has 1 saturated heterocycles. The van der Waals surface area contributed by atoms with Gasteiger partial charge in [-0.25, -0.2) is 12.8 Å². The topological polar surface area (TPSA) is 118 Å². The normalized spacial score (nSPS) is 17.4. The van der Waals surface area contributed by atoms with E-state index in [2.05, 4.69) is 20.7 Å². The second-order valence-corrected chi connectivity index (χ2v) is 9.67. The van der Waals surface area contributed by atoms with E-state index in [1.165, 1.54) is 22.5 Å². The van der Waals surface area contributed by atoms with Gasteiger partial charge < -0.3 is 9.84 Å². The number of hydrogen-bond donors (Lipinski definition) is 1. The zero-order valence-electron chi connectivity index (χ0n) is 16.1. The number of aromatic nitrogens is 3. The lowest BCUT2D eigenvalue weighted by molar-refractivity contribution is 0.102. The molecule has 3 aromatic rings. The quantitative estimate of drug-likeness (QED) is 0.633. The highest BCUT2D eigenvalue weighted by Crippen LogP contribution is 2.39. The van der Waals surface area contributed by atoms with Gasteiger partial charge in [-0.15, -0.1) is 10.2 Å². The van der Waals surface area contributed by atoms with Gasteiger partial charge in [-0.1, -0.05) is 22.6 Å². The minimum Gasteiger partial charge on any atom is -0.360 e. The van der Waals surface area contributed by atoms with E-state index in [1.54, 1.807) is 19.9 Å². The summed E-state index contributed by atoms with van der Waals surface area (Å²) in [5.41, 5.74) is 0.589. The van der Waals surface area contributed by atoms with Crippen molar-refractivity contribution in [2.24, 2.45) is 0 Å². The molecule has 0 spiro atoms. The predicted octanol–water partition coefficient (Wildman–Crippen LogP) is 3.06. The molecule has 0 bridgehead atoms. The monoisotopic (exact) mass is 451 g/mol. The number of benzene rings is 1. The molecule has 1 aliphatic heterocycles. The SMILES string of the molecule is Cc1noc(C)c1S(=O)(=O)N1CCC[C@@H]1c1nnc(C(=O)Nc2cccc(F)c2)s1. The maximum Gasteiger partial charge on any atom is 0.286 e. The van der Waals surface area contributed by atoms with Crippen LogP contribution in [0.3, 0.4) is 0 Å². The Morgan fingerprint density at radius 3 is 2.83 bits per heavy atom. The molecule has 0 unspecified atom stereocenters. The van der Waals surface area contributed by atoms with E-state index >= 15 is 0 Å². The van der Waals surface area contributed by atoms with E-state index in [4.69, 9.17) is 4.52 Å². The summed E-state index contributed by atoms with van der Waals surface area (Å²) in [7, 11) is -3.84. The first-order valence-corrected chi connectivity index (χ1v) is 11.4. The molecular weight excluding hydrogens is 433 g/mol. The highest BCUT2D eigenvalue weighted by Gasteiger charge is 2.41. The number of sulfonamides is 1. The molecule has 1 N–H and O–H groups in total. The van der Waals surface area contributed by atoms with Crippen molar-refractivity contribution in [2.75, 3.05) is 11.9 Å². The van der Waals surface area contributed by atoms with Crippen LogP contribution in [-0.4, -0.2) is 40.5 Å². The molecule has 1 atom stereocenters. The average molecular weight is 452 g/mol. The Morgan fingerprint density at radius 2 is 2.13 bits per heavy atom. The van der Waals surface area contributed by atoms with Gasteiger partial charge in [-0.2, -0.15) is 4.31 Å². The maximum atomic E-state index is 13.3. The van der Waals surface area contributed by atoms with Gasteiger partial charge in [0.15, 0.2) is 5.76 Å². The zero-order chi connectivity index (χ0) is 21.5. The molecule has 158 valence electrons. The third-order valence-corrected chi connectivity index (χ3v) is 7.92. The van der Waals surface area contributed by atoms with Gasteiger partial charge in [-0.05, 0) is 44.9 Å². The van der Waals surface area contributed by atoms with E-state index in [0.717, 1.165) is 11.3 Å². The number of halogens is 1. The van der Waals surface area contributed by atoms with Crippen molar-refractivity contribution in [3.05, 3.63) is 51.6 Å². The van der Waals surface area contributed by atoms with Crippen molar-refractivity contribution in [3.8, 4) is 0 Å². The van der Waals surface area contributed by atoms with E-state index in [9.17, 15) is 17.6 Å². The van der Waals surface area contributed by atoms with Crippen LogP contribution in [0, 0.1) is 19.7 Å². The molecule has 0 radical (unpaired) electrons. The van der Waals surface area contributed by atoms with Crippen LogP contribution in [0.4, 0.5) is 10.1 Å². The summed E-state index contributed by atoms with van der Waals surface area (Å²) in [6, 6.07) is 4.96. The van der Waals surface area contributed by atoms with Gasteiger partial charge in [0.1, 0.15) is 21.4 Å². The third kappa shape index (κ3) is 3.73. The fourth-order valence-electron chi connectivity index (χ4n) is 3.45. The van der Waals surface area contributed by atoms with Crippen LogP contribution in [0.5, 0.6) is 0 Å². The third-order valence-electron chi connectivity index (χ3n) is 4.74. The minimum atomic E-state index is -3.84. The number of carbonyl (C=O) groups excluding carboxylic acids is 1. The van der Waals surface area contributed by atoms with E-state index < -0.39 is 27.8 Å². The molecular formula is C18H18FN5O4S2. The Labute approximate surface area is 176 Å². The summed E-state index contributed by atoms with van der Waals surface area (Å²) in [6.45, 7) is 3.45. The van der Waals surface area contributed by atoms with Crippen LogP contribution >= 0.6 is 11.3 Å². The predicted molar refractivity (Wildman–Crippen MR) is 106 cm³/mol. The highest BCUT2D eigenvalue weighted by atomic mass is 32.2. The average Bonchev–Trinajstić information content (AvgIpc) is 3.41. The van der Waals surface area contributed by atoms with Crippen LogP contribution in [-0.2, 0) is 10.0 Å². The first-order chi connectivity index (χ1) is 14.3. The van der Waals surface area contributed by atoms with Gasteiger partial charge in [0, 0.05) is 12.2 Å². The lowest BCUT2D eigenvalue weighted by Crippen LogP contribution is -2.31. The number of rotatable bonds is 5. The standard InChI is InChI=1S/C18H18FN5O4S2/c1-10-15(11(2)28-23-10)30(26,27)24-8-4-7-14(24)17-21-22-18(29-17)16(25)20-13-6-3-5-12(19)9-13/h3,5-6,9,14H,4,7-8H2,1-2H3,(H,20,25)/t14-/m1/s1. The van der Waals surface area contributed by atoms with E-state index in [1.807, 2.05) is 0 Å². The van der Waals surface area contributed by atoms with Gasteiger partial charge in [0.05, 0.1) is 6.04 Å². The van der Waals surface area contributed by atoms with Crippen LogP contribution < -0.4 is 5.32 Å². The molecule has 4 rings (SSSR count). The highest BCUT2D eigenvalue weighted by molar-refractivity contribution is 7.89. The van der Waals surface area contributed by atoms with Crippen LogP contribution in [0.2, 0.25) is 0 Å². The van der Waals surface area contributed by atoms with Gasteiger partial charge in [0.25, 0.3) is 5.91 Å². The number of hydrogen-bond acceptors (Lipinski definition) is 8. The Morgan fingerprint density at radius 1 is 1.33 bits per heavy atom. The molecule has 1 amide bonds. The summed E-state index contributed by atoms with van der Waals surface area (Å²) in [5.74, 6) is -0.787. The molecule has 12 heteroatoms. The lowest BCUT2D eigenvalue weighted by Gasteiger charge is -2.21. The molecule has 1 aliphatic rings. The summed E-state index contributed by atoms with van der Waals surface area (Å²) in [5, 5.41) is 14.7. The molecule has 9 nitrogen and oxygen atoms in total. The Hall–Kier alpha value is -2.70. The fraction of sp³-hybridized carbons (Fsp3) is 0.333. The number of aryl methyl sites for hydroxylation is 2. The molecule has 1 fully saturated rings. The molecule has 2 aromatic heterocycles. The van der Waals surface area contributed by atoms with E-state index in [0.29, 0.717) is 35.8 Å². The van der Waals surface area contributed by atoms with Crippen LogP contribution in [0.1, 0.15) is 45.1 Å². The zero-order valence-corrected chi connectivity index (χ0v) is 17.8. The summed E-state index contributed by atoms with van der Waals surface area (Å²) in [6.07, 6.45) is 1.21. The Kier molecular flexibility index (Phi) is 5.38. The summed E-state index contributed by atoms with van der Waals surface area (Å²) < 4.78 is 46.1. The van der Waals surface area contributed by atoms with Crippen molar-refractivity contribution >= 4 is 33.0 Å². The Bertz CT molecular complexity index is 1190. The summed E-state index contributed by atoms with van der Waals surface area (Å²) >= 11 is 1.01. The number of carbonyl (C=O) groups is 1. The first-order valence-electron chi connectivity index (χ1n) is 9.12. The number of amides is 1. The smallest absolute Gasteiger partial charge is 0.286 e. The van der Waals surface area contributed by atoms with Crippen molar-refractivity contribution < 1.29 is 22.1 Å². The molecule has 3 heterocycles. The van der Waals surface area contributed by atoms with Crippen LogP contribution in [0.15, 0.2) is 33.7 Å².